The lowest BCUT2D eigenvalue weighted by Crippen LogP contribution is -1.91. The van der Waals surface area contributed by atoms with Crippen molar-refractivity contribution in [3.8, 4) is 22.3 Å². The second-order valence-corrected chi connectivity index (χ2v) is 6.14. The maximum atomic E-state index is 4.60. The molecule has 5 nitrogen and oxygen atoms in total. The molecule has 0 amide bonds. The van der Waals surface area contributed by atoms with Crippen molar-refractivity contribution in [2.45, 2.75) is 6.92 Å². The monoisotopic (exact) mass is 325 g/mol. The Morgan fingerprint density at radius 1 is 0.680 bits per heavy atom. The summed E-state index contributed by atoms with van der Waals surface area (Å²) in [7, 11) is 0. The van der Waals surface area contributed by atoms with Crippen molar-refractivity contribution in [1.29, 1.82) is 0 Å². The van der Waals surface area contributed by atoms with E-state index in [-0.39, 0.29) is 0 Å². The third kappa shape index (κ3) is 2.29. The summed E-state index contributed by atoms with van der Waals surface area (Å²) in [5, 5.41) is 2.19. The molecule has 25 heavy (non-hydrogen) atoms. The highest BCUT2D eigenvalue weighted by atomic mass is 14.8. The minimum Gasteiger partial charge on any atom is -0.346 e. The number of nitrogens with one attached hydrogen (secondary N) is 2. The number of aromatic nitrogens is 5. The Kier molecular flexibility index (Phi) is 2.94. The Labute approximate surface area is 143 Å². The van der Waals surface area contributed by atoms with E-state index in [1.54, 1.807) is 0 Å². The highest BCUT2D eigenvalue weighted by Gasteiger charge is 2.09. The van der Waals surface area contributed by atoms with Crippen molar-refractivity contribution in [2.75, 3.05) is 0 Å². The lowest BCUT2D eigenvalue weighted by molar-refractivity contribution is 1.20. The van der Waals surface area contributed by atoms with Crippen LogP contribution in [0.15, 0.2) is 61.3 Å². The molecule has 5 aromatic rings. The van der Waals surface area contributed by atoms with E-state index in [2.05, 4.69) is 43.1 Å². The zero-order valence-corrected chi connectivity index (χ0v) is 13.6. The molecule has 5 heteroatoms. The van der Waals surface area contributed by atoms with E-state index >= 15 is 0 Å². The predicted molar refractivity (Wildman–Crippen MR) is 99.1 cm³/mol. The van der Waals surface area contributed by atoms with Crippen molar-refractivity contribution in [3.63, 3.8) is 0 Å². The van der Waals surface area contributed by atoms with Gasteiger partial charge in [-0.05, 0) is 37.3 Å². The van der Waals surface area contributed by atoms with E-state index in [4.69, 9.17) is 0 Å². The topological polar surface area (TPSA) is 70.2 Å². The molecule has 120 valence electrons. The standard InChI is InChI=1S/C20H15N5/c1-12-18(17-7-14-3-5-22-20(14)25-11-17)8-16(9-23-12)15-6-13-2-4-21-19(13)24-10-15/h2-11H,1H3,(H,21,24)(H,22,25). The van der Waals surface area contributed by atoms with Gasteiger partial charge in [0.25, 0.3) is 0 Å². The Bertz CT molecular complexity index is 1220. The summed E-state index contributed by atoms with van der Waals surface area (Å²) in [6.45, 7) is 2.02. The second kappa shape index (κ2) is 5.27. The summed E-state index contributed by atoms with van der Waals surface area (Å²) in [5.74, 6) is 0. The molecule has 0 bridgehead atoms. The number of hydrogen-bond acceptors (Lipinski definition) is 3. The van der Waals surface area contributed by atoms with Gasteiger partial charge in [0, 0.05) is 69.7 Å². The lowest BCUT2D eigenvalue weighted by atomic mass is 10.0. The number of nitrogens with zero attached hydrogens (tertiary/aromatic N) is 3. The molecule has 5 aromatic heterocycles. The zero-order chi connectivity index (χ0) is 16.8. The van der Waals surface area contributed by atoms with Crippen molar-refractivity contribution in [1.82, 2.24) is 24.9 Å². The molecular formula is C20H15N5. The first-order valence-electron chi connectivity index (χ1n) is 8.11. The van der Waals surface area contributed by atoms with Gasteiger partial charge in [-0.3, -0.25) is 4.98 Å². The summed E-state index contributed by atoms with van der Waals surface area (Å²) in [6.07, 6.45) is 9.47. The molecule has 0 aliphatic heterocycles. The number of hydrogen-bond donors (Lipinski definition) is 2. The normalized spacial score (nSPS) is 11.4. The number of fused-ring (bicyclic) bond motifs is 2. The quantitative estimate of drug-likeness (QED) is 0.503. The van der Waals surface area contributed by atoms with Crippen LogP contribution >= 0.6 is 0 Å². The third-order valence-electron chi connectivity index (χ3n) is 4.53. The molecule has 0 saturated heterocycles. The maximum Gasteiger partial charge on any atom is 0.137 e. The smallest absolute Gasteiger partial charge is 0.137 e. The van der Waals surface area contributed by atoms with Crippen LogP contribution in [0.5, 0.6) is 0 Å². The van der Waals surface area contributed by atoms with Crippen LogP contribution in [-0.2, 0) is 0 Å². The van der Waals surface area contributed by atoms with Gasteiger partial charge in [0.15, 0.2) is 0 Å². The first-order chi connectivity index (χ1) is 12.3. The Hall–Kier alpha value is -3.47. The highest BCUT2D eigenvalue weighted by Crippen LogP contribution is 2.29. The van der Waals surface area contributed by atoms with E-state index in [1.165, 1.54) is 0 Å². The maximum absolute atomic E-state index is 4.60. The van der Waals surface area contributed by atoms with Crippen molar-refractivity contribution in [3.05, 3.63) is 67.0 Å². The highest BCUT2D eigenvalue weighted by molar-refractivity contribution is 5.85. The van der Waals surface area contributed by atoms with Gasteiger partial charge >= 0.3 is 0 Å². The van der Waals surface area contributed by atoms with Gasteiger partial charge in [-0.2, -0.15) is 0 Å². The fourth-order valence-corrected chi connectivity index (χ4v) is 3.17. The zero-order valence-electron chi connectivity index (χ0n) is 13.6. The van der Waals surface area contributed by atoms with Crippen LogP contribution in [0.4, 0.5) is 0 Å². The van der Waals surface area contributed by atoms with E-state index in [9.17, 15) is 0 Å². The van der Waals surface area contributed by atoms with Gasteiger partial charge in [0.1, 0.15) is 11.3 Å². The minimum atomic E-state index is 0.895. The van der Waals surface area contributed by atoms with Crippen LogP contribution in [0.3, 0.4) is 0 Å². The summed E-state index contributed by atoms with van der Waals surface area (Å²) < 4.78 is 0. The Balaban J connectivity index is 1.66. The van der Waals surface area contributed by atoms with Crippen LogP contribution in [0, 0.1) is 6.92 Å². The molecule has 0 aromatic carbocycles. The molecule has 0 aliphatic rings. The van der Waals surface area contributed by atoms with E-state index in [0.29, 0.717) is 0 Å². The Morgan fingerprint density at radius 3 is 1.96 bits per heavy atom. The van der Waals surface area contributed by atoms with Crippen LogP contribution in [0.2, 0.25) is 0 Å². The molecule has 0 fully saturated rings. The van der Waals surface area contributed by atoms with E-state index in [1.807, 2.05) is 50.0 Å². The van der Waals surface area contributed by atoms with Crippen LogP contribution in [0.1, 0.15) is 5.69 Å². The van der Waals surface area contributed by atoms with Gasteiger partial charge in [-0.1, -0.05) is 0 Å². The molecule has 0 atom stereocenters. The van der Waals surface area contributed by atoms with Crippen LogP contribution in [-0.4, -0.2) is 24.9 Å². The summed E-state index contributed by atoms with van der Waals surface area (Å²) in [6, 6.07) is 10.5. The van der Waals surface area contributed by atoms with Gasteiger partial charge in [0.2, 0.25) is 0 Å². The first-order valence-corrected chi connectivity index (χ1v) is 8.11. The predicted octanol–water partition coefficient (Wildman–Crippen LogP) is 4.48. The number of aromatic amines is 2. The average molecular weight is 325 g/mol. The van der Waals surface area contributed by atoms with E-state index in [0.717, 1.165) is 50.0 Å². The van der Waals surface area contributed by atoms with Crippen molar-refractivity contribution in [2.24, 2.45) is 0 Å². The first kappa shape index (κ1) is 13.9. The lowest BCUT2D eigenvalue weighted by Gasteiger charge is -2.09. The fraction of sp³-hybridized carbons (Fsp3) is 0.0500. The molecule has 0 saturated carbocycles. The minimum absolute atomic E-state index is 0.895. The van der Waals surface area contributed by atoms with Crippen LogP contribution < -0.4 is 0 Å². The third-order valence-corrected chi connectivity index (χ3v) is 4.53. The average Bonchev–Trinajstić information content (AvgIpc) is 3.29. The fourth-order valence-electron chi connectivity index (χ4n) is 3.17. The van der Waals surface area contributed by atoms with Crippen molar-refractivity contribution >= 4 is 22.1 Å². The SMILES string of the molecule is Cc1ncc(-c2cnc3[nH]ccc3c2)cc1-c1cnc2[nH]ccc2c1. The van der Waals surface area contributed by atoms with Crippen molar-refractivity contribution < 1.29 is 0 Å². The molecule has 0 radical (unpaired) electrons. The van der Waals surface area contributed by atoms with Gasteiger partial charge in [0.05, 0.1) is 0 Å². The molecule has 5 rings (SSSR count). The molecule has 2 N–H and O–H groups in total. The summed E-state index contributed by atoms with van der Waals surface area (Å²) in [5.41, 5.74) is 7.02. The van der Waals surface area contributed by atoms with Gasteiger partial charge in [-0.25, -0.2) is 9.97 Å². The number of aryl methyl sites for hydroxylation is 1. The Morgan fingerprint density at radius 2 is 1.24 bits per heavy atom. The van der Waals surface area contributed by atoms with Gasteiger partial charge in [-0.15, -0.1) is 0 Å². The molecular weight excluding hydrogens is 310 g/mol. The van der Waals surface area contributed by atoms with E-state index < -0.39 is 0 Å². The van der Waals surface area contributed by atoms with Crippen LogP contribution in [0.25, 0.3) is 44.3 Å². The molecule has 0 unspecified atom stereocenters. The largest absolute Gasteiger partial charge is 0.346 e. The number of rotatable bonds is 2. The number of pyridine rings is 3. The summed E-state index contributed by atoms with van der Waals surface area (Å²) >= 11 is 0. The molecule has 0 spiro atoms. The van der Waals surface area contributed by atoms with Gasteiger partial charge < -0.3 is 9.97 Å². The number of H-pyrrole nitrogens is 2. The molecule has 5 heterocycles. The molecule has 0 aliphatic carbocycles. The summed E-state index contributed by atoms with van der Waals surface area (Å²) in [4.78, 5) is 19.8. The second-order valence-electron chi connectivity index (χ2n) is 6.14.